The summed E-state index contributed by atoms with van der Waals surface area (Å²) >= 11 is 0. The highest BCUT2D eigenvalue weighted by atomic mass is 16.5. The van der Waals surface area contributed by atoms with Crippen LogP contribution in [0, 0.1) is 11.3 Å². The van der Waals surface area contributed by atoms with Gasteiger partial charge < -0.3 is 14.2 Å². The van der Waals surface area contributed by atoms with Crippen molar-refractivity contribution in [3.8, 4) is 11.8 Å². The maximum atomic E-state index is 12.1. The topological polar surface area (TPSA) is 71.2 Å². The summed E-state index contributed by atoms with van der Waals surface area (Å²) in [5.74, 6) is 1.62. The lowest BCUT2D eigenvalue weighted by Crippen LogP contribution is -2.23. The van der Waals surface area contributed by atoms with Crippen LogP contribution in [-0.4, -0.2) is 22.0 Å². The van der Waals surface area contributed by atoms with Gasteiger partial charge in [0.1, 0.15) is 18.2 Å². The van der Waals surface area contributed by atoms with Crippen LogP contribution in [0.2, 0.25) is 0 Å². The number of fused-ring (bicyclic) bond motifs is 1. The van der Waals surface area contributed by atoms with Crippen molar-refractivity contribution < 1.29 is 9.53 Å². The molecule has 3 aromatic carbocycles. The van der Waals surface area contributed by atoms with Gasteiger partial charge >= 0.3 is 0 Å². The Hall–Kier alpha value is -4.11. The van der Waals surface area contributed by atoms with Crippen LogP contribution in [0.15, 0.2) is 72.8 Å². The Balaban J connectivity index is 1.48. The lowest BCUT2D eigenvalue weighted by atomic mass is 10.1. The zero-order valence-electron chi connectivity index (χ0n) is 18.4. The van der Waals surface area contributed by atoms with Crippen LogP contribution in [0.4, 0.5) is 5.69 Å². The third kappa shape index (κ3) is 4.06. The molecule has 0 aliphatic carbocycles. The molecule has 1 saturated heterocycles. The number of ether oxygens (including phenoxy) is 1. The number of hydrogen-bond acceptors (Lipinski definition) is 4. The normalized spacial score (nSPS) is 14.4. The molecule has 0 radical (unpaired) electrons. The molecule has 6 heteroatoms. The van der Waals surface area contributed by atoms with Gasteiger partial charge in [0, 0.05) is 24.7 Å². The number of nitriles is 1. The number of nitrogens with zero attached hydrogens (tertiary/aromatic N) is 4. The number of aromatic nitrogens is 2. The Morgan fingerprint density at radius 3 is 2.70 bits per heavy atom. The number of anilines is 1. The lowest BCUT2D eigenvalue weighted by molar-refractivity contribution is -0.117. The molecule has 1 aromatic heterocycles. The van der Waals surface area contributed by atoms with Crippen molar-refractivity contribution in [2.24, 2.45) is 0 Å². The molecule has 1 atom stereocenters. The highest BCUT2D eigenvalue weighted by Gasteiger charge is 2.22. The van der Waals surface area contributed by atoms with Gasteiger partial charge in [-0.2, -0.15) is 5.26 Å². The Kier molecular flexibility index (Phi) is 5.54. The number of imidazole rings is 1. The molecule has 0 N–H and O–H groups in total. The van der Waals surface area contributed by atoms with E-state index in [1.54, 1.807) is 6.07 Å². The van der Waals surface area contributed by atoms with Crippen LogP contribution in [0.5, 0.6) is 5.75 Å². The summed E-state index contributed by atoms with van der Waals surface area (Å²) < 4.78 is 8.29. The second-order valence-corrected chi connectivity index (χ2v) is 8.23. The van der Waals surface area contributed by atoms with E-state index < -0.39 is 0 Å². The first kappa shape index (κ1) is 20.8. The molecule has 5 rings (SSSR count). The third-order valence-electron chi connectivity index (χ3n) is 6.13. The number of benzene rings is 3. The van der Waals surface area contributed by atoms with Gasteiger partial charge in [-0.1, -0.05) is 36.4 Å². The number of carbonyl (C=O) groups excluding carboxylic acids is 1. The van der Waals surface area contributed by atoms with Crippen molar-refractivity contribution in [2.45, 2.75) is 32.4 Å². The fourth-order valence-corrected chi connectivity index (χ4v) is 4.44. The average molecular weight is 437 g/mol. The zero-order valence-corrected chi connectivity index (χ0v) is 18.4. The molecule has 6 nitrogen and oxygen atoms in total. The summed E-state index contributed by atoms with van der Waals surface area (Å²) in [6.45, 7) is 3.14. The fraction of sp³-hybridized carbons (Fsp3) is 0.222. The molecule has 4 aromatic rings. The van der Waals surface area contributed by atoms with Gasteiger partial charge in [-0.05, 0) is 49.2 Å². The highest BCUT2D eigenvalue weighted by molar-refractivity contribution is 5.95. The smallest absolute Gasteiger partial charge is 0.227 e. The van der Waals surface area contributed by atoms with Crippen LogP contribution >= 0.6 is 0 Å². The summed E-state index contributed by atoms with van der Waals surface area (Å²) in [4.78, 5) is 18.8. The first-order chi connectivity index (χ1) is 16.1. The van der Waals surface area contributed by atoms with Gasteiger partial charge in [0.05, 0.1) is 28.7 Å². The predicted molar refractivity (Wildman–Crippen MR) is 127 cm³/mol. The average Bonchev–Trinajstić information content (AvgIpc) is 3.45. The van der Waals surface area contributed by atoms with Crippen molar-refractivity contribution >= 4 is 22.6 Å². The van der Waals surface area contributed by atoms with Crippen LogP contribution < -0.4 is 9.64 Å². The minimum Gasteiger partial charge on any atom is -0.486 e. The van der Waals surface area contributed by atoms with E-state index in [0.717, 1.165) is 41.1 Å². The van der Waals surface area contributed by atoms with Gasteiger partial charge in [0.25, 0.3) is 0 Å². The van der Waals surface area contributed by atoms with Crippen molar-refractivity contribution in [1.29, 1.82) is 5.26 Å². The maximum Gasteiger partial charge on any atom is 0.227 e. The second-order valence-electron chi connectivity index (χ2n) is 8.23. The molecule has 0 unspecified atom stereocenters. The Morgan fingerprint density at radius 1 is 1.09 bits per heavy atom. The largest absolute Gasteiger partial charge is 0.486 e. The van der Waals surface area contributed by atoms with E-state index in [4.69, 9.17) is 9.72 Å². The summed E-state index contributed by atoms with van der Waals surface area (Å²) in [7, 11) is 0. The monoisotopic (exact) mass is 436 g/mol. The van der Waals surface area contributed by atoms with Gasteiger partial charge in [-0.15, -0.1) is 0 Å². The van der Waals surface area contributed by atoms with E-state index in [0.29, 0.717) is 17.7 Å². The third-order valence-corrected chi connectivity index (χ3v) is 6.13. The Labute approximate surface area is 192 Å². The number of rotatable bonds is 6. The SMILES string of the molecule is C[C@H](c1ccccc1)n1c(COc2cccc(N3CCCC3=O)c2)nc2ccc(C#N)cc21. The molecule has 1 aliphatic heterocycles. The van der Waals surface area contributed by atoms with Crippen molar-refractivity contribution in [1.82, 2.24) is 9.55 Å². The Bertz CT molecular complexity index is 1350. The van der Waals surface area contributed by atoms with Crippen molar-refractivity contribution in [3.05, 3.63) is 89.7 Å². The first-order valence-electron chi connectivity index (χ1n) is 11.1. The number of amides is 1. The molecule has 2 heterocycles. The standard InChI is InChI=1S/C27H24N4O2/c1-19(21-7-3-2-4-8-21)31-25-15-20(17-28)12-13-24(25)29-26(31)18-33-23-10-5-9-22(16-23)30-14-6-11-27(30)32/h2-5,7-10,12-13,15-16,19H,6,11,14,18H2,1H3/t19-/m1/s1. The summed E-state index contributed by atoms with van der Waals surface area (Å²) in [6.07, 6.45) is 1.48. The van der Waals surface area contributed by atoms with E-state index in [9.17, 15) is 10.1 Å². The molecule has 33 heavy (non-hydrogen) atoms. The minimum absolute atomic E-state index is 0.0114. The van der Waals surface area contributed by atoms with Crippen LogP contribution in [0.3, 0.4) is 0 Å². The molecule has 1 fully saturated rings. The molecule has 1 aliphatic rings. The number of carbonyl (C=O) groups is 1. The van der Waals surface area contributed by atoms with Crippen molar-refractivity contribution in [2.75, 3.05) is 11.4 Å². The van der Waals surface area contributed by atoms with Crippen LogP contribution in [0.1, 0.15) is 42.8 Å². The summed E-state index contributed by atoms with van der Waals surface area (Å²) in [5.41, 5.74) is 4.33. The van der Waals surface area contributed by atoms with E-state index >= 15 is 0 Å². The minimum atomic E-state index is 0.0114. The van der Waals surface area contributed by atoms with Gasteiger partial charge in [0.2, 0.25) is 5.91 Å². The van der Waals surface area contributed by atoms with E-state index in [1.807, 2.05) is 59.5 Å². The first-order valence-corrected chi connectivity index (χ1v) is 11.1. The van der Waals surface area contributed by atoms with E-state index in [1.165, 1.54) is 0 Å². The van der Waals surface area contributed by atoms with Gasteiger partial charge in [-0.3, -0.25) is 4.79 Å². The van der Waals surface area contributed by atoms with Crippen LogP contribution in [0.25, 0.3) is 11.0 Å². The molecular formula is C27H24N4O2. The second kappa shape index (κ2) is 8.79. The predicted octanol–water partition coefficient (Wildman–Crippen LogP) is 5.22. The number of hydrogen-bond donors (Lipinski definition) is 0. The van der Waals surface area contributed by atoms with Gasteiger partial charge in [0.15, 0.2) is 0 Å². The van der Waals surface area contributed by atoms with Crippen LogP contribution in [-0.2, 0) is 11.4 Å². The zero-order chi connectivity index (χ0) is 22.8. The maximum absolute atomic E-state index is 12.1. The molecule has 164 valence electrons. The molecular weight excluding hydrogens is 412 g/mol. The van der Waals surface area contributed by atoms with E-state index in [2.05, 4.69) is 29.7 Å². The molecule has 0 bridgehead atoms. The fourth-order valence-electron chi connectivity index (χ4n) is 4.44. The molecule has 0 spiro atoms. The quantitative estimate of drug-likeness (QED) is 0.415. The van der Waals surface area contributed by atoms with Crippen molar-refractivity contribution in [3.63, 3.8) is 0 Å². The van der Waals surface area contributed by atoms with Gasteiger partial charge in [-0.25, -0.2) is 4.98 Å². The highest BCUT2D eigenvalue weighted by Crippen LogP contribution is 2.29. The Morgan fingerprint density at radius 2 is 1.94 bits per heavy atom. The molecule has 0 saturated carbocycles. The molecule has 1 amide bonds. The summed E-state index contributed by atoms with van der Waals surface area (Å²) in [5, 5.41) is 9.40. The van der Waals surface area contributed by atoms with E-state index in [-0.39, 0.29) is 18.6 Å². The summed E-state index contributed by atoms with van der Waals surface area (Å²) in [6, 6.07) is 25.6. The lowest BCUT2D eigenvalue weighted by Gasteiger charge is -2.19.